The Labute approximate surface area is 159 Å². The first-order valence-corrected chi connectivity index (χ1v) is 9.31. The minimum atomic E-state index is -0.234. The molecule has 1 fully saturated rings. The lowest BCUT2D eigenvalue weighted by Crippen LogP contribution is -2.42. The molecule has 1 aliphatic heterocycles. The lowest BCUT2D eigenvalue weighted by atomic mass is 10.1. The summed E-state index contributed by atoms with van der Waals surface area (Å²) in [4.78, 5) is 18.0. The number of hydrogen-bond donors (Lipinski definition) is 2. The summed E-state index contributed by atoms with van der Waals surface area (Å²) in [5, 5.41) is 14.7. The zero-order chi connectivity index (χ0) is 19.1. The van der Waals surface area contributed by atoms with Crippen molar-refractivity contribution in [2.75, 3.05) is 30.3 Å². The molecule has 0 saturated carbocycles. The van der Waals surface area contributed by atoms with Crippen LogP contribution in [0, 0.1) is 6.92 Å². The number of piperidine rings is 1. The van der Waals surface area contributed by atoms with E-state index in [1.165, 1.54) is 11.1 Å². The fourth-order valence-corrected chi connectivity index (χ4v) is 3.08. The van der Waals surface area contributed by atoms with Gasteiger partial charge in [-0.2, -0.15) is 10.1 Å². The fraction of sp³-hybridized carbons (Fsp3) is 0.474. The van der Waals surface area contributed by atoms with E-state index in [9.17, 15) is 4.79 Å². The Kier molecular flexibility index (Phi) is 6.40. The maximum Gasteiger partial charge on any atom is 0.409 e. The molecule has 3 rings (SSSR count). The van der Waals surface area contributed by atoms with Crippen molar-refractivity contribution >= 4 is 17.9 Å². The first kappa shape index (κ1) is 18.9. The second kappa shape index (κ2) is 9.16. The largest absolute Gasteiger partial charge is 0.450 e. The second-order valence-electron chi connectivity index (χ2n) is 6.61. The molecule has 2 aromatic rings. The first-order chi connectivity index (χ1) is 13.1. The Hall–Kier alpha value is -2.90. The number of anilines is 2. The molecule has 8 heteroatoms. The summed E-state index contributed by atoms with van der Waals surface area (Å²) >= 11 is 0. The van der Waals surface area contributed by atoms with Crippen LogP contribution >= 0.6 is 0 Å². The minimum Gasteiger partial charge on any atom is -0.450 e. The number of amides is 1. The maximum atomic E-state index is 11.8. The Morgan fingerprint density at radius 1 is 1.33 bits per heavy atom. The van der Waals surface area contributed by atoms with Gasteiger partial charge in [-0.1, -0.05) is 29.8 Å². The van der Waals surface area contributed by atoms with Gasteiger partial charge in [0.25, 0.3) is 0 Å². The molecule has 2 N–H and O–H groups in total. The van der Waals surface area contributed by atoms with E-state index in [1.54, 1.807) is 11.1 Å². The summed E-state index contributed by atoms with van der Waals surface area (Å²) in [7, 11) is 0. The monoisotopic (exact) mass is 370 g/mol. The maximum absolute atomic E-state index is 11.8. The number of aromatic nitrogens is 3. The van der Waals surface area contributed by atoms with E-state index in [-0.39, 0.29) is 12.1 Å². The molecule has 0 aliphatic carbocycles. The predicted octanol–water partition coefficient (Wildman–Crippen LogP) is 2.82. The van der Waals surface area contributed by atoms with Crippen LogP contribution in [0.25, 0.3) is 0 Å². The highest BCUT2D eigenvalue weighted by Gasteiger charge is 2.23. The van der Waals surface area contributed by atoms with Crippen molar-refractivity contribution in [3.05, 3.63) is 41.6 Å². The highest BCUT2D eigenvalue weighted by molar-refractivity contribution is 5.67. The summed E-state index contributed by atoms with van der Waals surface area (Å²) in [6, 6.07) is 8.54. The lowest BCUT2D eigenvalue weighted by Gasteiger charge is -2.31. The van der Waals surface area contributed by atoms with E-state index >= 15 is 0 Å². The van der Waals surface area contributed by atoms with Gasteiger partial charge in [0, 0.05) is 25.7 Å². The number of carbonyl (C=O) groups excluding carboxylic acids is 1. The molecule has 27 heavy (non-hydrogen) atoms. The minimum absolute atomic E-state index is 0.234. The Morgan fingerprint density at radius 3 is 2.89 bits per heavy atom. The number of ether oxygens (including phenoxy) is 1. The second-order valence-corrected chi connectivity index (χ2v) is 6.61. The highest BCUT2D eigenvalue weighted by Crippen LogP contribution is 2.16. The number of likely N-dealkylation sites (tertiary alicyclic amines) is 1. The molecule has 1 amide bonds. The lowest BCUT2D eigenvalue weighted by molar-refractivity contribution is 0.0983. The molecule has 0 unspecified atom stereocenters. The van der Waals surface area contributed by atoms with Crippen LogP contribution in [-0.4, -0.2) is 51.9 Å². The Morgan fingerprint density at radius 2 is 2.15 bits per heavy atom. The van der Waals surface area contributed by atoms with Crippen molar-refractivity contribution in [2.24, 2.45) is 0 Å². The topological polar surface area (TPSA) is 92.3 Å². The number of aryl methyl sites for hydroxylation is 1. The summed E-state index contributed by atoms with van der Waals surface area (Å²) in [5.41, 5.74) is 2.39. The molecule has 1 aliphatic rings. The van der Waals surface area contributed by atoms with Crippen LogP contribution in [0.1, 0.15) is 30.9 Å². The number of nitrogens with one attached hydrogen (secondary N) is 2. The third-order valence-corrected chi connectivity index (χ3v) is 4.46. The number of benzene rings is 1. The molecule has 0 bridgehead atoms. The average Bonchev–Trinajstić information content (AvgIpc) is 2.68. The molecule has 0 radical (unpaired) electrons. The van der Waals surface area contributed by atoms with Gasteiger partial charge in [-0.3, -0.25) is 0 Å². The first-order valence-electron chi connectivity index (χ1n) is 9.31. The van der Waals surface area contributed by atoms with Gasteiger partial charge >= 0.3 is 6.09 Å². The summed E-state index contributed by atoms with van der Waals surface area (Å²) in [5.74, 6) is 1.18. The van der Waals surface area contributed by atoms with Crippen LogP contribution in [0.15, 0.2) is 30.5 Å². The number of nitrogens with zero attached hydrogens (tertiary/aromatic N) is 4. The van der Waals surface area contributed by atoms with Crippen molar-refractivity contribution in [2.45, 2.75) is 39.3 Å². The van der Waals surface area contributed by atoms with Crippen molar-refractivity contribution in [3.8, 4) is 0 Å². The molecule has 1 aromatic heterocycles. The third-order valence-electron chi connectivity index (χ3n) is 4.46. The molecular formula is C19H26N6O2. The van der Waals surface area contributed by atoms with Crippen molar-refractivity contribution in [1.29, 1.82) is 0 Å². The zero-order valence-electron chi connectivity index (χ0n) is 15.8. The Balaban J connectivity index is 1.50. The number of hydrogen-bond acceptors (Lipinski definition) is 7. The molecule has 8 nitrogen and oxygen atoms in total. The van der Waals surface area contributed by atoms with E-state index in [0.29, 0.717) is 38.0 Å². The van der Waals surface area contributed by atoms with E-state index in [1.807, 2.05) is 13.0 Å². The van der Waals surface area contributed by atoms with Gasteiger partial charge in [-0.05, 0) is 32.3 Å². The fourth-order valence-electron chi connectivity index (χ4n) is 3.08. The van der Waals surface area contributed by atoms with Gasteiger partial charge in [0.15, 0.2) is 5.82 Å². The summed E-state index contributed by atoms with van der Waals surface area (Å²) in [6.45, 7) is 6.28. The van der Waals surface area contributed by atoms with Crippen molar-refractivity contribution in [3.63, 3.8) is 0 Å². The Bertz CT molecular complexity index is 761. The van der Waals surface area contributed by atoms with Crippen LogP contribution in [0.3, 0.4) is 0 Å². The van der Waals surface area contributed by atoms with E-state index in [4.69, 9.17) is 4.74 Å². The number of carbonyl (C=O) groups is 1. The molecule has 1 saturated heterocycles. The van der Waals surface area contributed by atoms with Crippen molar-refractivity contribution < 1.29 is 9.53 Å². The van der Waals surface area contributed by atoms with Crippen LogP contribution in [0.4, 0.5) is 16.6 Å². The average molecular weight is 370 g/mol. The molecule has 0 atom stereocenters. The molecule has 0 spiro atoms. The van der Waals surface area contributed by atoms with Crippen LogP contribution in [0.2, 0.25) is 0 Å². The van der Waals surface area contributed by atoms with Gasteiger partial charge in [-0.15, -0.1) is 5.10 Å². The van der Waals surface area contributed by atoms with Crippen LogP contribution < -0.4 is 10.6 Å². The van der Waals surface area contributed by atoms with Gasteiger partial charge in [-0.25, -0.2) is 4.79 Å². The smallest absolute Gasteiger partial charge is 0.409 e. The quantitative estimate of drug-likeness (QED) is 0.808. The van der Waals surface area contributed by atoms with Crippen LogP contribution in [0.5, 0.6) is 0 Å². The van der Waals surface area contributed by atoms with Gasteiger partial charge < -0.3 is 20.3 Å². The van der Waals surface area contributed by atoms with Crippen LogP contribution in [-0.2, 0) is 11.3 Å². The zero-order valence-corrected chi connectivity index (χ0v) is 15.8. The molecule has 2 heterocycles. The summed E-state index contributed by atoms with van der Waals surface area (Å²) < 4.78 is 5.05. The molecular weight excluding hydrogens is 344 g/mol. The number of rotatable bonds is 6. The standard InChI is InChI=1S/C19H26N6O2/c1-3-27-19(26)25-9-7-16(8-10-25)22-17-13-21-24-18(23-17)20-12-15-6-4-5-14(2)11-15/h4-6,11,13,16H,3,7-10,12H2,1-2H3,(H2,20,22,23,24). The van der Waals surface area contributed by atoms with E-state index < -0.39 is 0 Å². The summed E-state index contributed by atoms with van der Waals surface area (Å²) in [6.07, 6.45) is 3.07. The van der Waals surface area contributed by atoms with Gasteiger partial charge in [0.2, 0.25) is 5.95 Å². The predicted molar refractivity (Wildman–Crippen MR) is 104 cm³/mol. The SMILES string of the molecule is CCOC(=O)N1CCC(Nc2cnnc(NCc3cccc(C)c3)n2)CC1. The van der Waals surface area contributed by atoms with Crippen molar-refractivity contribution in [1.82, 2.24) is 20.1 Å². The molecule has 1 aromatic carbocycles. The highest BCUT2D eigenvalue weighted by atomic mass is 16.6. The third kappa shape index (κ3) is 5.54. The van der Waals surface area contributed by atoms with Gasteiger partial charge in [0.05, 0.1) is 12.8 Å². The van der Waals surface area contributed by atoms with E-state index in [2.05, 4.69) is 50.9 Å². The normalized spacial score (nSPS) is 14.7. The van der Waals surface area contributed by atoms with Gasteiger partial charge in [0.1, 0.15) is 0 Å². The van der Waals surface area contributed by atoms with E-state index in [0.717, 1.165) is 12.8 Å². The molecule has 144 valence electrons.